The molecule has 2 aromatic rings. The van der Waals surface area contributed by atoms with Crippen LogP contribution in [0.15, 0.2) is 33.9 Å². The van der Waals surface area contributed by atoms with Crippen molar-refractivity contribution >= 4 is 27.8 Å². The van der Waals surface area contributed by atoms with E-state index in [1.54, 1.807) is 19.1 Å². The fourth-order valence-electron chi connectivity index (χ4n) is 3.45. The van der Waals surface area contributed by atoms with E-state index in [-0.39, 0.29) is 23.9 Å². The number of ether oxygens (including phenoxy) is 2. The molecular weight excluding hydrogens is 476 g/mol. The van der Waals surface area contributed by atoms with Crippen LogP contribution < -0.4 is 10.1 Å². The van der Waals surface area contributed by atoms with Crippen LogP contribution in [0.25, 0.3) is 0 Å². The summed E-state index contributed by atoms with van der Waals surface area (Å²) < 4.78 is 38.3. The molecule has 0 bridgehead atoms. The maximum atomic E-state index is 13.0. The number of alkyl halides is 2. The number of nitrogens with zero attached hydrogens (tertiary/aromatic N) is 4. The van der Waals surface area contributed by atoms with Crippen molar-refractivity contribution in [3.8, 4) is 5.75 Å². The molecule has 0 fully saturated rings. The van der Waals surface area contributed by atoms with E-state index in [0.29, 0.717) is 15.7 Å². The summed E-state index contributed by atoms with van der Waals surface area (Å²) in [6.07, 6.45) is 5.07. The van der Waals surface area contributed by atoms with Gasteiger partial charge >= 0.3 is 12.6 Å². The second-order valence-electron chi connectivity index (χ2n) is 7.12. The zero-order chi connectivity index (χ0) is 22.4. The molecule has 8 nitrogen and oxygen atoms in total. The van der Waals surface area contributed by atoms with Gasteiger partial charge in [-0.3, -0.25) is 0 Å². The number of aromatic nitrogens is 4. The van der Waals surface area contributed by atoms with Crippen molar-refractivity contribution in [3.63, 3.8) is 0 Å². The maximum absolute atomic E-state index is 13.0. The third kappa shape index (κ3) is 5.57. The van der Waals surface area contributed by atoms with Crippen LogP contribution in [-0.2, 0) is 9.53 Å². The normalized spacial score (nSPS) is 15.6. The molecule has 168 valence electrons. The first-order valence-corrected chi connectivity index (χ1v) is 10.9. The molecule has 1 aromatic carbocycles. The molecule has 1 N–H and O–H groups in total. The maximum Gasteiger partial charge on any atom is 0.387 e. The summed E-state index contributed by atoms with van der Waals surface area (Å²) in [6, 6.07) is 3.69. The molecule has 3 rings (SSSR count). The standard InChI is InChI=1S/C20H24BrF2N5O3/c1-3-4-5-6-7-10-30-18(29)16-12(2)24-20-25-26-27-28(20)17(16)14-11-13(21)8-9-15(14)31-19(22)23/h8-9,11,17,19H,3-7,10H2,1-2H3,(H,24,25,27)/t17-/m1/s1. The number of unbranched alkanes of at least 4 members (excludes halogenated alkanes) is 4. The number of tetrazole rings is 1. The number of hydrogen-bond acceptors (Lipinski definition) is 7. The van der Waals surface area contributed by atoms with Gasteiger partial charge in [0.15, 0.2) is 0 Å². The van der Waals surface area contributed by atoms with Crippen LogP contribution in [0.4, 0.5) is 14.7 Å². The Kier molecular flexibility index (Phi) is 7.94. The summed E-state index contributed by atoms with van der Waals surface area (Å²) in [5.74, 6) is -0.361. The smallest absolute Gasteiger partial charge is 0.387 e. The predicted octanol–water partition coefficient (Wildman–Crippen LogP) is 4.84. The summed E-state index contributed by atoms with van der Waals surface area (Å²) in [7, 11) is 0. The Morgan fingerprint density at radius 3 is 2.81 bits per heavy atom. The van der Waals surface area contributed by atoms with Crippen molar-refractivity contribution in [3.05, 3.63) is 39.5 Å². The Hall–Kier alpha value is -2.56. The fraction of sp³-hybridized carbons (Fsp3) is 0.500. The molecule has 0 spiro atoms. The van der Waals surface area contributed by atoms with Gasteiger partial charge in [-0.2, -0.15) is 13.5 Å². The van der Waals surface area contributed by atoms with E-state index in [4.69, 9.17) is 9.47 Å². The molecule has 0 amide bonds. The molecule has 2 heterocycles. The molecule has 1 aromatic heterocycles. The fourth-order valence-corrected chi connectivity index (χ4v) is 3.83. The minimum atomic E-state index is -3.03. The van der Waals surface area contributed by atoms with Crippen molar-refractivity contribution in [2.24, 2.45) is 0 Å². The number of rotatable bonds is 10. The zero-order valence-electron chi connectivity index (χ0n) is 17.3. The second kappa shape index (κ2) is 10.7. The van der Waals surface area contributed by atoms with E-state index in [2.05, 4.69) is 43.7 Å². The second-order valence-corrected chi connectivity index (χ2v) is 8.04. The van der Waals surface area contributed by atoms with Crippen LogP contribution in [0.5, 0.6) is 5.75 Å². The third-order valence-electron chi connectivity index (χ3n) is 4.90. The highest BCUT2D eigenvalue weighted by molar-refractivity contribution is 9.10. The Labute approximate surface area is 187 Å². The summed E-state index contributed by atoms with van der Waals surface area (Å²) in [5, 5.41) is 14.5. The number of anilines is 1. The number of nitrogens with one attached hydrogen (secondary N) is 1. The van der Waals surface area contributed by atoms with Crippen LogP contribution in [0, 0.1) is 0 Å². The number of esters is 1. The topological polar surface area (TPSA) is 91.2 Å². The third-order valence-corrected chi connectivity index (χ3v) is 5.39. The monoisotopic (exact) mass is 499 g/mol. The highest BCUT2D eigenvalue weighted by Gasteiger charge is 2.37. The number of carbonyl (C=O) groups is 1. The minimum absolute atomic E-state index is 0.0794. The Morgan fingerprint density at radius 2 is 2.06 bits per heavy atom. The van der Waals surface area contributed by atoms with Crippen molar-refractivity contribution < 1.29 is 23.0 Å². The minimum Gasteiger partial charge on any atom is -0.462 e. The van der Waals surface area contributed by atoms with Crippen LogP contribution in [0.3, 0.4) is 0 Å². The number of benzene rings is 1. The van der Waals surface area contributed by atoms with Crippen molar-refractivity contribution in [1.29, 1.82) is 0 Å². The molecule has 1 aliphatic heterocycles. The lowest BCUT2D eigenvalue weighted by Gasteiger charge is -2.28. The number of carbonyl (C=O) groups excluding carboxylic acids is 1. The van der Waals surface area contributed by atoms with Gasteiger partial charge in [-0.1, -0.05) is 53.6 Å². The molecule has 11 heteroatoms. The van der Waals surface area contributed by atoms with Gasteiger partial charge in [-0.15, -0.1) is 0 Å². The molecule has 1 aliphatic rings. The molecular formula is C20H24BrF2N5O3. The van der Waals surface area contributed by atoms with Gasteiger partial charge in [-0.25, -0.2) is 4.79 Å². The summed E-state index contributed by atoms with van der Waals surface area (Å²) in [6.45, 7) is 1.06. The first-order valence-electron chi connectivity index (χ1n) is 10.1. The number of fused-ring (bicyclic) bond motifs is 1. The SMILES string of the molecule is CCCCCCCOC(=O)C1=C(C)Nc2nnnn2[C@@H]1c1cc(Br)ccc1OC(F)F. The van der Waals surface area contributed by atoms with Gasteiger partial charge in [0.2, 0.25) is 5.95 Å². The lowest BCUT2D eigenvalue weighted by Crippen LogP contribution is -2.30. The molecule has 1 atom stereocenters. The van der Waals surface area contributed by atoms with E-state index in [1.165, 1.54) is 10.7 Å². The summed E-state index contributed by atoms with van der Waals surface area (Å²) >= 11 is 3.35. The van der Waals surface area contributed by atoms with Crippen molar-refractivity contribution in [1.82, 2.24) is 20.2 Å². The van der Waals surface area contributed by atoms with E-state index >= 15 is 0 Å². The Balaban J connectivity index is 1.91. The number of hydrogen-bond donors (Lipinski definition) is 1. The van der Waals surface area contributed by atoms with E-state index in [1.807, 2.05) is 0 Å². The number of halogens is 3. The lowest BCUT2D eigenvalue weighted by molar-refractivity contribution is -0.139. The highest BCUT2D eigenvalue weighted by Crippen LogP contribution is 2.40. The molecule has 0 radical (unpaired) electrons. The van der Waals surface area contributed by atoms with Crippen LogP contribution in [0.2, 0.25) is 0 Å². The largest absolute Gasteiger partial charge is 0.462 e. The van der Waals surface area contributed by atoms with Gasteiger partial charge < -0.3 is 14.8 Å². The molecule has 0 aliphatic carbocycles. The van der Waals surface area contributed by atoms with Crippen molar-refractivity contribution in [2.75, 3.05) is 11.9 Å². The first-order chi connectivity index (χ1) is 14.9. The van der Waals surface area contributed by atoms with E-state index < -0.39 is 18.6 Å². The molecule has 31 heavy (non-hydrogen) atoms. The van der Waals surface area contributed by atoms with Crippen LogP contribution >= 0.6 is 15.9 Å². The van der Waals surface area contributed by atoms with Gasteiger partial charge in [0, 0.05) is 15.7 Å². The van der Waals surface area contributed by atoms with Gasteiger partial charge in [0.1, 0.15) is 11.8 Å². The lowest BCUT2D eigenvalue weighted by atomic mass is 9.95. The average molecular weight is 500 g/mol. The average Bonchev–Trinajstić information content (AvgIpc) is 3.18. The van der Waals surface area contributed by atoms with Gasteiger partial charge in [0.05, 0.1) is 12.2 Å². The quantitative estimate of drug-likeness (QED) is 0.369. The van der Waals surface area contributed by atoms with E-state index in [9.17, 15) is 13.6 Å². The predicted molar refractivity (Wildman–Crippen MR) is 113 cm³/mol. The Morgan fingerprint density at radius 1 is 1.29 bits per heavy atom. The Bertz CT molecular complexity index is 951. The summed E-state index contributed by atoms with van der Waals surface area (Å²) in [4.78, 5) is 13.0. The molecule has 0 saturated carbocycles. The van der Waals surface area contributed by atoms with Gasteiger partial charge in [0.25, 0.3) is 0 Å². The molecule has 0 unspecified atom stereocenters. The van der Waals surface area contributed by atoms with Crippen molar-refractivity contribution in [2.45, 2.75) is 58.6 Å². The van der Waals surface area contributed by atoms with Gasteiger partial charge in [-0.05, 0) is 42.0 Å². The summed E-state index contributed by atoms with van der Waals surface area (Å²) in [5.41, 5.74) is 1.01. The molecule has 0 saturated heterocycles. The van der Waals surface area contributed by atoms with Crippen LogP contribution in [-0.4, -0.2) is 39.4 Å². The number of allylic oxidation sites excluding steroid dienone is 1. The van der Waals surface area contributed by atoms with E-state index in [0.717, 1.165) is 32.1 Å². The zero-order valence-corrected chi connectivity index (χ0v) is 18.9. The highest BCUT2D eigenvalue weighted by atomic mass is 79.9. The van der Waals surface area contributed by atoms with Crippen LogP contribution in [0.1, 0.15) is 57.6 Å². The first kappa shape index (κ1) is 23.1.